The zero-order valence-electron chi connectivity index (χ0n) is 10.3. The van der Waals surface area contributed by atoms with Gasteiger partial charge < -0.3 is 5.11 Å². The van der Waals surface area contributed by atoms with E-state index in [1.165, 1.54) is 12.1 Å². The minimum absolute atomic E-state index is 0.233. The van der Waals surface area contributed by atoms with Gasteiger partial charge >= 0.3 is 5.97 Å². The second-order valence-corrected chi connectivity index (χ2v) is 4.09. The maximum absolute atomic E-state index is 12.8. The standard InChI is InChI=1S/C13H12FN3O2/c1-8-15-11(17-12(16-8)7-13(18)19)6-9-2-4-10(14)5-3-9/h2-5H,6-7H2,1H3,(H,18,19). The van der Waals surface area contributed by atoms with Gasteiger partial charge in [0.1, 0.15) is 29.7 Å². The van der Waals surface area contributed by atoms with Crippen molar-refractivity contribution in [2.75, 3.05) is 0 Å². The summed E-state index contributed by atoms with van der Waals surface area (Å²) in [6.45, 7) is 1.68. The van der Waals surface area contributed by atoms with Crippen molar-refractivity contribution in [3.8, 4) is 0 Å². The molecule has 0 bridgehead atoms. The Morgan fingerprint density at radius 1 is 1.16 bits per heavy atom. The van der Waals surface area contributed by atoms with E-state index >= 15 is 0 Å². The van der Waals surface area contributed by atoms with Crippen LogP contribution in [0.3, 0.4) is 0 Å². The zero-order valence-corrected chi connectivity index (χ0v) is 10.3. The van der Waals surface area contributed by atoms with Crippen LogP contribution in [-0.4, -0.2) is 26.0 Å². The highest BCUT2D eigenvalue weighted by Crippen LogP contribution is 2.08. The van der Waals surface area contributed by atoms with Crippen LogP contribution in [-0.2, 0) is 17.6 Å². The van der Waals surface area contributed by atoms with Crippen molar-refractivity contribution in [3.05, 3.63) is 53.1 Å². The second kappa shape index (κ2) is 5.51. The van der Waals surface area contributed by atoms with Crippen LogP contribution in [0, 0.1) is 12.7 Å². The van der Waals surface area contributed by atoms with E-state index in [0.717, 1.165) is 5.56 Å². The first kappa shape index (κ1) is 13.1. The maximum atomic E-state index is 12.8. The Balaban J connectivity index is 2.22. The summed E-state index contributed by atoms with van der Waals surface area (Å²) in [6, 6.07) is 6.01. The quantitative estimate of drug-likeness (QED) is 0.903. The van der Waals surface area contributed by atoms with E-state index in [4.69, 9.17) is 5.11 Å². The molecule has 0 unspecified atom stereocenters. The largest absolute Gasteiger partial charge is 0.481 e. The number of aliphatic carboxylic acids is 1. The molecule has 0 aliphatic carbocycles. The van der Waals surface area contributed by atoms with Crippen LogP contribution < -0.4 is 0 Å². The van der Waals surface area contributed by atoms with Gasteiger partial charge in [-0.05, 0) is 24.6 Å². The monoisotopic (exact) mass is 261 g/mol. The molecule has 0 aliphatic rings. The molecule has 0 spiro atoms. The predicted octanol–water partition coefficient (Wildman–Crippen LogP) is 1.54. The summed E-state index contributed by atoms with van der Waals surface area (Å²) in [5, 5.41) is 8.73. The predicted molar refractivity (Wildman–Crippen MR) is 65.1 cm³/mol. The Morgan fingerprint density at radius 3 is 2.42 bits per heavy atom. The molecule has 6 heteroatoms. The molecule has 0 aliphatic heterocycles. The summed E-state index contributed by atoms with van der Waals surface area (Å²) >= 11 is 0. The van der Waals surface area contributed by atoms with Crippen molar-refractivity contribution >= 4 is 5.97 Å². The Bertz CT molecular complexity index is 599. The summed E-state index contributed by atoms with van der Waals surface area (Å²) in [7, 11) is 0. The van der Waals surface area contributed by atoms with Gasteiger partial charge in [-0.3, -0.25) is 4.79 Å². The third kappa shape index (κ3) is 3.80. The topological polar surface area (TPSA) is 76.0 Å². The molecule has 19 heavy (non-hydrogen) atoms. The molecule has 1 aromatic carbocycles. The van der Waals surface area contributed by atoms with Crippen molar-refractivity contribution in [2.24, 2.45) is 0 Å². The highest BCUT2D eigenvalue weighted by atomic mass is 19.1. The fourth-order valence-electron chi connectivity index (χ4n) is 1.68. The van der Waals surface area contributed by atoms with Gasteiger partial charge in [0.25, 0.3) is 0 Å². The van der Waals surface area contributed by atoms with Gasteiger partial charge in [-0.15, -0.1) is 0 Å². The van der Waals surface area contributed by atoms with E-state index in [-0.39, 0.29) is 18.1 Å². The minimum atomic E-state index is -0.988. The Hall–Kier alpha value is -2.37. The Labute approximate surface area is 109 Å². The SMILES string of the molecule is Cc1nc(CC(=O)O)nc(Cc2ccc(F)cc2)n1. The molecule has 0 saturated heterocycles. The van der Waals surface area contributed by atoms with E-state index in [1.54, 1.807) is 19.1 Å². The number of hydrogen-bond acceptors (Lipinski definition) is 4. The van der Waals surface area contributed by atoms with E-state index in [1.807, 2.05) is 0 Å². The van der Waals surface area contributed by atoms with Crippen LogP contribution >= 0.6 is 0 Å². The van der Waals surface area contributed by atoms with Gasteiger partial charge in [-0.25, -0.2) is 19.3 Å². The van der Waals surface area contributed by atoms with Gasteiger partial charge in [0.15, 0.2) is 0 Å². The number of aromatic nitrogens is 3. The van der Waals surface area contributed by atoms with E-state index in [9.17, 15) is 9.18 Å². The van der Waals surface area contributed by atoms with Crippen LogP contribution in [0.4, 0.5) is 4.39 Å². The normalized spacial score (nSPS) is 10.4. The first-order chi connectivity index (χ1) is 9.02. The maximum Gasteiger partial charge on any atom is 0.311 e. The fourth-order valence-corrected chi connectivity index (χ4v) is 1.68. The molecule has 0 amide bonds. The van der Waals surface area contributed by atoms with Crippen molar-refractivity contribution in [3.63, 3.8) is 0 Å². The molecular weight excluding hydrogens is 249 g/mol. The minimum Gasteiger partial charge on any atom is -0.481 e. The summed E-state index contributed by atoms with van der Waals surface area (Å²) in [6.07, 6.45) is 0.177. The molecule has 0 radical (unpaired) electrons. The van der Waals surface area contributed by atoms with Crippen LogP contribution in [0.25, 0.3) is 0 Å². The van der Waals surface area contributed by atoms with Crippen LogP contribution in [0.5, 0.6) is 0 Å². The lowest BCUT2D eigenvalue weighted by molar-refractivity contribution is -0.136. The number of halogens is 1. The van der Waals surface area contributed by atoms with Gasteiger partial charge in [0, 0.05) is 6.42 Å². The smallest absolute Gasteiger partial charge is 0.311 e. The lowest BCUT2D eigenvalue weighted by Crippen LogP contribution is -2.10. The van der Waals surface area contributed by atoms with Crippen molar-refractivity contribution in [2.45, 2.75) is 19.8 Å². The number of rotatable bonds is 4. The summed E-state index contributed by atoms with van der Waals surface area (Å²) in [5.41, 5.74) is 0.855. The Morgan fingerprint density at radius 2 is 1.79 bits per heavy atom. The highest BCUT2D eigenvalue weighted by molar-refractivity contribution is 5.68. The molecule has 2 aromatic rings. The van der Waals surface area contributed by atoms with Gasteiger partial charge in [-0.1, -0.05) is 12.1 Å². The average Bonchev–Trinajstić information content (AvgIpc) is 2.30. The van der Waals surface area contributed by atoms with Gasteiger partial charge in [-0.2, -0.15) is 0 Å². The molecule has 1 N–H and O–H groups in total. The van der Waals surface area contributed by atoms with E-state index in [2.05, 4.69) is 15.0 Å². The molecule has 2 rings (SSSR count). The molecule has 0 saturated carbocycles. The number of carboxylic acids is 1. The molecule has 98 valence electrons. The first-order valence-corrected chi connectivity index (χ1v) is 5.69. The molecule has 1 heterocycles. The fraction of sp³-hybridized carbons (Fsp3) is 0.231. The highest BCUT2D eigenvalue weighted by Gasteiger charge is 2.08. The summed E-state index contributed by atoms with van der Waals surface area (Å²) in [4.78, 5) is 22.9. The average molecular weight is 261 g/mol. The van der Waals surface area contributed by atoms with Crippen molar-refractivity contribution in [1.29, 1.82) is 0 Å². The van der Waals surface area contributed by atoms with Gasteiger partial charge in [0.2, 0.25) is 0 Å². The number of carbonyl (C=O) groups is 1. The molecular formula is C13H12FN3O2. The van der Waals surface area contributed by atoms with Crippen molar-refractivity contribution < 1.29 is 14.3 Å². The zero-order chi connectivity index (χ0) is 13.8. The molecule has 1 aromatic heterocycles. The van der Waals surface area contributed by atoms with E-state index in [0.29, 0.717) is 18.1 Å². The molecule has 5 nitrogen and oxygen atoms in total. The number of nitrogens with zero attached hydrogens (tertiary/aromatic N) is 3. The lowest BCUT2D eigenvalue weighted by atomic mass is 10.1. The third-order valence-corrected chi connectivity index (χ3v) is 2.42. The number of benzene rings is 1. The summed E-state index contributed by atoms with van der Waals surface area (Å²) in [5.74, 6) is -0.101. The van der Waals surface area contributed by atoms with Crippen LogP contribution in [0.2, 0.25) is 0 Å². The van der Waals surface area contributed by atoms with Crippen molar-refractivity contribution in [1.82, 2.24) is 15.0 Å². The molecule has 0 fully saturated rings. The number of aryl methyl sites for hydroxylation is 1. The van der Waals surface area contributed by atoms with Crippen LogP contribution in [0.15, 0.2) is 24.3 Å². The first-order valence-electron chi connectivity index (χ1n) is 5.69. The second-order valence-electron chi connectivity index (χ2n) is 4.09. The van der Waals surface area contributed by atoms with Crippen LogP contribution in [0.1, 0.15) is 23.0 Å². The number of hydrogen-bond donors (Lipinski definition) is 1. The lowest BCUT2D eigenvalue weighted by Gasteiger charge is -2.04. The molecule has 0 atom stereocenters. The van der Waals surface area contributed by atoms with E-state index < -0.39 is 5.97 Å². The van der Waals surface area contributed by atoms with Gasteiger partial charge in [0.05, 0.1) is 0 Å². The number of carboxylic acid groups (broad SMARTS) is 1. The summed E-state index contributed by atoms with van der Waals surface area (Å²) < 4.78 is 12.8. The third-order valence-electron chi connectivity index (χ3n) is 2.42. The Kier molecular flexibility index (Phi) is 3.79.